The zero-order chi connectivity index (χ0) is 9.14. The van der Waals surface area contributed by atoms with E-state index in [0.717, 1.165) is 0 Å². The van der Waals surface area contributed by atoms with Crippen molar-refractivity contribution in [1.82, 2.24) is 10.6 Å². The summed E-state index contributed by atoms with van der Waals surface area (Å²) in [6.07, 6.45) is 1.12. The monoisotopic (exact) mass is 172 g/mol. The van der Waals surface area contributed by atoms with Crippen molar-refractivity contribution >= 4 is 11.9 Å². The number of carbonyl (C=O) groups excluding carboxylic acids is 1. The summed E-state index contributed by atoms with van der Waals surface area (Å²) in [6.45, 7) is 0. The van der Waals surface area contributed by atoms with Gasteiger partial charge in [0.2, 0.25) is 5.91 Å². The van der Waals surface area contributed by atoms with Gasteiger partial charge in [0.05, 0.1) is 6.04 Å². The molecule has 5 nitrogen and oxygen atoms in total. The standard InChI is InChI=1S/C7H12N2O3/c1-8-6(10)4-2-3-5(9-4)7(11)12/h4-5,9H,2-3H2,1H3,(H,8,10)(H,11,12)/t4-,5-/m1/s1. The van der Waals surface area contributed by atoms with Crippen LogP contribution in [0.1, 0.15) is 12.8 Å². The Bertz CT molecular complexity index is 205. The van der Waals surface area contributed by atoms with Gasteiger partial charge in [-0.25, -0.2) is 0 Å². The Morgan fingerprint density at radius 1 is 1.42 bits per heavy atom. The fourth-order valence-electron chi connectivity index (χ4n) is 1.32. The molecular formula is C7H12N2O3. The number of amides is 1. The van der Waals surface area contributed by atoms with Crippen LogP contribution in [0.5, 0.6) is 0 Å². The molecule has 0 aromatic rings. The van der Waals surface area contributed by atoms with Crippen LogP contribution in [-0.4, -0.2) is 36.1 Å². The van der Waals surface area contributed by atoms with Gasteiger partial charge in [-0.15, -0.1) is 0 Å². The average molecular weight is 172 g/mol. The summed E-state index contributed by atoms with van der Waals surface area (Å²) in [5, 5.41) is 13.8. The van der Waals surface area contributed by atoms with Crippen LogP contribution in [0.25, 0.3) is 0 Å². The van der Waals surface area contributed by atoms with Crippen molar-refractivity contribution in [2.24, 2.45) is 0 Å². The second-order valence-electron chi connectivity index (χ2n) is 2.80. The van der Waals surface area contributed by atoms with E-state index in [1.165, 1.54) is 7.05 Å². The van der Waals surface area contributed by atoms with Gasteiger partial charge in [-0.2, -0.15) is 0 Å². The van der Waals surface area contributed by atoms with Crippen molar-refractivity contribution in [3.05, 3.63) is 0 Å². The number of carbonyl (C=O) groups is 2. The SMILES string of the molecule is CNC(=O)[C@H]1CC[C@H](C(=O)O)N1. The van der Waals surface area contributed by atoms with E-state index in [1.807, 2.05) is 0 Å². The molecular weight excluding hydrogens is 160 g/mol. The molecule has 1 amide bonds. The Morgan fingerprint density at radius 3 is 2.42 bits per heavy atom. The van der Waals surface area contributed by atoms with Gasteiger partial charge in [-0.05, 0) is 12.8 Å². The molecule has 12 heavy (non-hydrogen) atoms. The van der Waals surface area contributed by atoms with Gasteiger partial charge in [-0.1, -0.05) is 0 Å². The minimum Gasteiger partial charge on any atom is -0.480 e. The van der Waals surface area contributed by atoms with Crippen molar-refractivity contribution in [2.75, 3.05) is 7.05 Å². The van der Waals surface area contributed by atoms with Crippen LogP contribution in [0, 0.1) is 0 Å². The summed E-state index contributed by atoms with van der Waals surface area (Å²) in [5.74, 6) is -1.03. The molecule has 0 bridgehead atoms. The van der Waals surface area contributed by atoms with Gasteiger partial charge in [-0.3, -0.25) is 14.9 Å². The third kappa shape index (κ3) is 1.73. The molecule has 1 rings (SSSR count). The highest BCUT2D eigenvalue weighted by Crippen LogP contribution is 2.12. The highest BCUT2D eigenvalue weighted by Gasteiger charge is 2.32. The van der Waals surface area contributed by atoms with E-state index in [0.29, 0.717) is 12.8 Å². The maximum atomic E-state index is 11.0. The van der Waals surface area contributed by atoms with E-state index < -0.39 is 12.0 Å². The number of aliphatic carboxylic acids is 1. The van der Waals surface area contributed by atoms with Crippen LogP contribution in [-0.2, 0) is 9.59 Å². The molecule has 5 heteroatoms. The van der Waals surface area contributed by atoms with Crippen LogP contribution in [0.3, 0.4) is 0 Å². The number of carboxylic acids is 1. The summed E-state index contributed by atoms with van der Waals surface area (Å²) in [4.78, 5) is 21.5. The Hall–Kier alpha value is -1.10. The zero-order valence-corrected chi connectivity index (χ0v) is 6.83. The number of rotatable bonds is 2. The van der Waals surface area contributed by atoms with E-state index >= 15 is 0 Å². The van der Waals surface area contributed by atoms with Crippen molar-refractivity contribution in [3.8, 4) is 0 Å². The molecule has 0 aliphatic carbocycles. The van der Waals surface area contributed by atoms with Gasteiger partial charge in [0.1, 0.15) is 6.04 Å². The number of hydrogen-bond donors (Lipinski definition) is 3. The quantitative estimate of drug-likeness (QED) is 0.496. The molecule has 0 aromatic heterocycles. The smallest absolute Gasteiger partial charge is 0.320 e. The van der Waals surface area contributed by atoms with Crippen molar-refractivity contribution in [3.63, 3.8) is 0 Å². The van der Waals surface area contributed by atoms with Gasteiger partial charge < -0.3 is 10.4 Å². The highest BCUT2D eigenvalue weighted by molar-refractivity contribution is 5.84. The lowest BCUT2D eigenvalue weighted by atomic mass is 10.2. The van der Waals surface area contributed by atoms with E-state index in [9.17, 15) is 9.59 Å². The third-order valence-corrected chi connectivity index (χ3v) is 2.01. The second kappa shape index (κ2) is 3.53. The minimum atomic E-state index is -0.888. The van der Waals surface area contributed by atoms with Crippen LogP contribution in [0.2, 0.25) is 0 Å². The Morgan fingerprint density at radius 2 is 2.00 bits per heavy atom. The number of likely N-dealkylation sites (N-methyl/N-ethyl adjacent to an activating group) is 1. The predicted octanol–water partition coefficient (Wildman–Crippen LogP) is -1.06. The van der Waals surface area contributed by atoms with E-state index in [4.69, 9.17) is 5.11 Å². The molecule has 1 aliphatic heterocycles. The lowest BCUT2D eigenvalue weighted by Crippen LogP contribution is -2.43. The van der Waals surface area contributed by atoms with Gasteiger partial charge >= 0.3 is 5.97 Å². The van der Waals surface area contributed by atoms with Crippen LogP contribution < -0.4 is 10.6 Å². The molecule has 0 saturated carbocycles. The van der Waals surface area contributed by atoms with Gasteiger partial charge in [0.25, 0.3) is 0 Å². The molecule has 0 unspecified atom stereocenters. The number of carboxylic acid groups (broad SMARTS) is 1. The van der Waals surface area contributed by atoms with Crippen molar-refractivity contribution in [2.45, 2.75) is 24.9 Å². The minimum absolute atomic E-state index is 0.140. The topological polar surface area (TPSA) is 78.4 Å². The second-order valence-corrected chi connectivity index (χ2v) is 2.80. The molecule has 2 atom stereocenters. The normalized spacial score (nSPS) is 28.4. The molecule has 68 valence electrons. The maximum Gasteiger partial charge on any atom is 0.320 e. The molecule has 1 saturated heterocycles. The summed E-state index contributed by atoms with van der Waals surface area (Å²) >= 11 is 0. The van der Waals surface area contributed by atoms with Crippen LogP contribution >= 0.6 is 0 Å². The first-order valence-electron chi connectivity index (χ1n) is 3.85. The highest BCUT2D eigenvalue weighted by atomic mass is 16.4. The molecule has 3 N–H and O–H groups in total. The largest absolute Gasteiger partial charge is 0.480 e. The van der Waals surface area contributed by atoms with E-state index in [2.05, 4.69) is 10.6 Å². The molecule has 1 aliphatic rings. The van der Waals surface area contributed by atoms with E-state index in [1.54, 1.807) is 0 Å². The molecule has 1 heterocycles. The maximum absolute atomic E-state index is 11.0. The lowest BCUT2D eigenvalue weighted by molar-refractivity contribution is -0.139. The summed E-state index contributed by atoms with van der Waals surface area (Å²) in [6, 6.07) is -0.900. The first-order chi connectivity index (χ1) is 5.65. The number of nitrogens with one attached hydrogen (secondary N) is 2. The molecule has 0 spiro atoms. The summed E-state index contributed by atoms with van der Waals surface area (Å²) in [5.41, 5.74) is 0. The van der Waals surface area contributed by atoms with Gasteiger partial charge in [0.15, 0.2) is 0 Å². The van der Waals surface area contributed by atoms with Crippen LogP contribution in [0.15, 0.2) is 0 Å². The van der Waals surface area contributed by atoms with Crippen molar-refractivity contribution in [1.29, 1.82) is 0 Å². The average Bonchev–Trinajstić information content (AvgIpc) is 2.51. The Labute approximate surface area is 70.1 Å². The molecule has 1 fully saturated rings. The Kier molecular flexibility index (Phi) is 2.65. The predicted molar refractivity (Wildman–Crippen MR) is 41.6 cm³/mol. The fraction of sp³-hybridized carbons (Fsp3) is 0.714. The molecule has 0 radical (unpaired) electrons. The molecule has 0 aromatic carbocycles. The first-order valence-corrected chi connectivity index (χ1v) is 3.85. The van der Waals surface area contributed by atoms with Gasteiger partial charge in [0, 0.05) is 7.05 Å². The zero-order valence-electron chi connectivity index (χ0n) is 6.83. The van der Waals surface area contributed by atoms with Crippen molar-refractivity contribution < 1.29 is 14.7 Å². The first kappa shape index (κ1) is 8.99. The summed E-state index contributed by atoms with van der Waals surface area (Å²) < 4.78 is 0. The fourth-order valence-corrected chi connectivity index (χ4v) is 1.32. The Balaban J connectivity index is 2.45. The third-order valence-electron chi connectivity index (χ3n) is 2.01. The summed E-state index contributed by atoms with van der Waals surface area (Å²) in [7, 11) is 1.54. The van der Waals surface area contributed by atoms with E-state index in [-0.39, 0.29) is 11.9 Å². The number of hydrogen-bond acceptors (Lipinski definition) is 3. The van der Waals surface area contributed by atoms with Crippen LogP contribution in [0.4, 0.5) is 0 Å². The lowest BCUT2D eigenvalue weighted by Gasteiger charge is -2.09.